The summed E-state index contributed by atoms with van der Waals surface area (Å²) in [7, 11) is 1.69. The van der Waals surface area contributed by atoms with Gasteiger partial charge in [-0.05, 0) is 32.9 Å². The molecule has 0 unspecified atom stereocenters. The lowest BCUT2D eigenvalue weighted by molar-refractivity contribution is -0.125. The molecule has 0 aromatic carbocycles. The van der Waals surface area contributed by atoms with Crippen molar-refractivity contribution >= 4 is 5.91 Å². The Kier molecular flexibility index (Phi) is 2.88. The number of rotatable bonds is 2. The molecular weight excluding hydrogens is 140 g/mol. The Morgan fingerprint density at radius 2 is 2.00 bits per heavy atom. The van der Waals surface area contributed by atoms with Crippen molar-refractivity contribution in [2.24, 2.45) is 0 Å². The largest absolute Gasteiger partial charge is 0.358 e. The zero-order valence-corrected chi connectivity index (χ0v) is 7.26. The molecule has 0 aromatic rings. The van der Waals surface area contributed by atoms with Gasteiger partial charge < -0.3 is 5.32 Å². The molecule has 0 bridgehead atoms. The summed E-state index contributed by atoms with van der Waals surface area (Å²) in [5.74, 6) is 0.131. The summed E-state index contributed by atoms with van der Waals surface area (Å²) in [6, 6.07) is 0.0579. The van der Waals surface area contributed by atoms with Crippen molar-refractivity contribution in [2.45, 2.75) is 25.8 Å². The molecule has 1 aliphatic rings. The number of amides is 1. The lowest BCUT2D eigenvalue weighted by Gasteiger charge is -2.21. The summed E-state index contributed by atoms with van der Waals surface area (Å²) < 4.78 is 0. The fraction of sp³-hybridized carbons (Fsp3) is 0.875. The summed E-state index contributed by atoms with van der Waals surface area (Å²) >= 11 is 0. The smallest absolute Gasteiger partial charge is 0.236 e. The van der Waals surface area contributed by atoms with Gasteiger partial charge in [-0.2, -0.15) is 0 Å². The van der Waals surface area contributed by atoms with E-state index in [1.54, 1.807) is 7.05 Å². The van der Waals surface area contributed by atoms with Crippen LogP contribution in [0.3, 0.4) is 0 Å². The number of likely N-dealkylation sites (N-methyl/N-ethyl adjacent to an activating group) is 1. The standard InChI is InChI=1S/C8H16N2O/c1-7(8(11)9-2)10-5-3-4-6-10/h7H,3-6H2,1-2H3,(H,9,11)/t7-/m0/s1. The van der Waals surface area contributed by atoms with Gasteiger partial charge in [0.05, 0.1) is 6.04 Å². The van der Waals surface area contributed by atoms with E-state index in [-0.39, 0.29) is 11.9 Å². The highest BCUT2D eigenvalue weighted by molar-refractivity contribution is 5.80. The number of likely N-dealkylation sites (tertiary alicyclic amines) is 1. The lowest BCUT2D eigenvalue weighted by Crippen LogP contribution is -2.42. The van der Waals surface area contributed by atoms with Crippen molar-refractivity contribution < 1.29 is 4.79 Å². The molecule has 1 aliphatic heterocycles. The molecule has 0 radical (unpaired) electrons. The van der Waals surface area contributed by atoms with E-state index < -0.39 is 0 Å². The summed E-state index contributed by atoms with van der Waals surface area (Å²) in [6.07, 6.45) is 2.47. The molecule has 1 rings (SSSR count). The van der Waals surface area contributed by atoms with E-state index in [0.29, 0.717) is 0 Å². The van der Waals surface area contributed by atoms with E-state index in [4.69, 9.17) is 0 Å². The van der Waals surface area contributed by atoms with Crippen LogP contribution in [-0.2, 0) is 4.79 Å². The fourth-order valence-corrected chi connectivity index (χ4v) is 1.50. The van der Waals surface area contributed by atoms with E-state index in [1.165, 1.54) is 12.8 Å². The first-order valence-corrected chi connectivity index (χ1v) is 4.21. The van der Waals surface area contributed by atoms with Crippen molar-refractivity contribution in [3.63, 3.8) is 0 Å². The van der Waals surface area contributed by atoms with E-state index in [9.17, 15) is 4.79 Å². The Labute approximate surface area is 67.8 Å². The minimum atomic E-state index is 0.0579. The number of hydrogen-bond acceptors (Lipinski definition) is 2. The zero-order chi connectivity index (χ0) is 8.27. The maximum absolute atomic E-state index is 11.1. The molecule has 1 saturated heterocycles. The van der Waals surface area contributed by atoms with Crippen LogP contribution >= 0.6 is 0 Å². The Balaban J connectivity index is 2.39. The molecule has 64 valence electrons. The number of nitrogens with one attached hydrogen (secondary N) is 1. The van der Waals surface area contributed by atoms with Gasteiger partial charge in [0, 0.05) is 7.05 Å². The van der Waals surface area contributed by atoms with Crippen LogP contribution in [0.5, 0.6) is 0 Å². The molecule has 0 aromatic heterocycles. The van der Waals surface area contributed by atoms with Crippen molar-refractivity contribution in [1.82, 2.24) is 10.2 Å². The third-order valence-electron chi connectivity index (χ3n) is 2.31. The average Bonchev–Trinajstić information content (AvgIpc) is 2.53. The molecule has 1 fully saturated rings. The molecule has 0 spiro atoms. The molecule has 1 heterocycles. The normalized spacial score (nSPS) is 21.6. The van der Waals surface area contributed by atoms with Crippen LogP contribution in [0, 0.1) is 0 Å². The Morgan fingerprint density at radius 3 is 2.45 bits per heavy atom. The topological polar surface area (TPSA) is 32.3 Å². The zero-order valence-electron chi connectivity index (χ0n) is 7.26. The third kappa shape index (κ3) is 1.93. The lowest BCUT2D eigenvalue weighted by atomic mass is 10.3. The number of carbonyl (C=O) groups is 1. The predicted octanol–water partition coefficient (Wildman–Crippen LogP) is 0.217. The predicted molar refractivity (Wildman–Crippen MR) is 44.3 cm³/mol. The van der Waals surface area contributed by atoms with Gasteiger partial charge >= 0.3 is 0 Å². The molecule has 1 atom stereocenters. The van der Waals surface area contributed by atoms with Gasteiger partial charge in [0.1, 0.15) is 0 Å². The van der Waals surface area contributed by atoms with Gasteiger partial charge in [-0.1, -0.05) is 0 Å². The second-order valence-corrected chi connectivity index (χ2v) is 3.03. The first kappa shape index (κ1) is 8.53. The second-order valence-electron chi connectivity index (χ2n) is 3.03. The maximum Gasteiger partial charge on any atom is 0.236 e. The summed E-state index contributed by atoms with van der Waals surface area (Å²) in [4.78, 5) is 13.4. The van der Waals surface area contributed by atoms with Crippen LogP contribution in [0.25, 0.3) is 0 Å². The summed E-state index contributed by atoms with van der Waals surface area (Å²) in [5.41, 5.74) is 0. The van der Waals surface area contributed by atoms with Crippen molar-refractivity contribution in [3.8, 4) is 0 Å². The van der Waals surface area contributed by atoms with Gasteiger partial charge in [-0.3, -0.25) is 9.69 Å². The first-order valence-electron chi connectivity index (χ1n) is 4.21. The average molecular weight is 156 g/mol. The number of hydrogen-bond donors (Lipinski definition) is 1. The molecule has 11 heavy (non-hydrogen) atoms. The highest BCUT2D eigenvalue weighted by atomic mass is 16.2. The van der Waals surface area contributed by atoms with Crippen LogP contribution in [-0.4, -0.2) is 37.0 Å². The Bertz CT molecular complexity index is 141. The van der Waals surface area contributed by atoms with Crippen LogP contribution in [0.2, 0.25) is 0 Å². The van der Waals surface area contributed by atoms with Crippen LogP contribution in [0.15, 0.2) is 0 Å². The SMILES string of the molecule is CNC(=O)[C@H](C)N1CCCC1. The van der Waals surface area contributed by atoms with Crippen LogP contribution < -0.4 is 5.32 Å². The molecule has 1 amide bonds. The first-order chi connectivity index (χ1) is 5.25. The molecule has 3 nitrogen and oxygen atoms in total. The second kappa shape index (κ2) is 3.72. The van der Waals surface area contributed by atoms with Crippen molar-refractivity contribution in [2.75, 3.05) is 20.1 Å². The van der Waals surface area contributed by atoms with Gasteiger partial charge in [0.15, 0.2) is 0 Å². The molecule has 0 aliphatic carbocycles. The highest BCUT2D eigenvalue weighted by Crippen LogP contribution is 2.10. The van der Waals surface area contributed by atoms with Gasteiger partial charge in [-0.15, -0.1) is 0 Å². The quantitative estimate of drug-likeness (QED) is 0.620. The van der Waals surface area contributed by atoms with Crippen molar-refractivity contribution in [3.05, 3.63) is 0 Å². The molecule has 0 saturated carbocycles. The fourth-order valence-electron chi connectivity index (χ4n) is 1.50. The molecule has 1 N–H and O–H groups in total. The monoisotopic (exact) mass is 156 g/mol. The van der Waals surface area contributed by atoms with Crippen LogP contribution in [0.1, 0.15) is 19.8 Å². The Morgan fingerprint density at radius 1 is 1.45 bits per heavy atom. The maximum atomic E-state index is 11.1. The molecular formula is C8H16N2O. The Hall–Kier alpha value is -0.570. The highest BCUT2D eigenvalue weighted by Gasteiger charge is 2.22. The van der Waals surface area contributed by atoms with E-state index in [2.05, 4.69) is 10.2 Å². The minimum absolute atomic E-state index is 0.0579. The summed E-state index contributed by atoms with van der Waals surface area (Å²) in [5, 5.41) is 2.66. The van der Waals surface area contributed by atoms with E-state index >= 15 is 0 Å². The minimum Gasteiger partial charge on any atom is -0.358 e. The van der Waals surface area contributed by atoms with Crippen LogP contribution in [0.4, 0.5) is 0 Å². The third-order valence-corrected chi connectivity index (χ3v) is 2.31. The van der Waals surface area contributed by atoms with E-state index in [1.807, 2.05) is 6.92 Å². The van der Waals surface area contributed by atoms with Gasteiger partial charge in [0.2, 0.25) is 5.91 Å². The van der Waals surface area contributed by atoms with Crippen molar-refractivity contribution in [1.29, 1.82) is 0 Å². The number of carbonyl (C=O) groups excluding carboxylic acids is 1. The number of nitrogens with zero attached hydrogens (tertiary/aromatic N) is 1. The van der Waals surface area contributed by atoms with Gasteiger partial charge in [0.25, 0.3) is 0 Å². The van der Waals surface area contributed by atoms with Gasteiger partial charge in [-0.25, -0.2) is 0 Å². The molecule has 3 heteroatoms. The van der Waals surface area contributed by atoms with E-state index in [0.717, 1.165) is 13.1 Å². The summed E-state index contributed by atoms with van der Waals surface area (Å²) in [6.45, 7) is 4.12.